The average molecular weight is 315 g/mol. The summed E-state index contributed by atoms with van der Waals surface area (Å²) in [4.78, 5) is 0. The Kier molecular flexibility index (Phi) is 4.52. The molecule has 5 heteroatoms. The molecule has 0 unspecified atom stereocenters. The van der Waals surface area contributed by atoms with Crippen molar-refractivity contribution in [3.8, 4) is 11.1 Å². The van der Waals surface area contributed by atoms with Crippen molar-refractivity contribution in [2.75, 3.05) is 7.05 Å². The second-order valence-corrected chi connectivity index (χ2v) is 5.30. The summed E-state index contributed by atoms with van der Waals surface area (Å²) in [6.07, 6.45) is 0.967. The minimum absolute atomic E-state index is 0. The predicted molar refractivity (Wildman–Crippen MR) is 93.8 cm³/mol. The number of hydrogen-bond donors (Lipinski definition) is 2. The van der Waals surface area contributed by atoms with Crippen LogP contribution in [0.4, 0.5) is 0 Å². The van der Waals surface area contributed by atoms with Crippen LogP contribution in [-0.4, -0.2) is 23.7 Å². The Morgan fingerprint density at radius 1 is 1.14 bits per heavy atom. The molecule has 2 aromatic rings. The highest BCUT2D eigenvalue weighted by Crippen LogP contribution is 2.36. The first kappa shape index (κ1) is 16.0. The van der Waals surface area contributed by atoms with Crippen molar-refractivity contribution in [3.05, 3.63) is 59.2 Å². The van der Waals surface area contributed by atoms with Gasteiger partial charge < -0.3 is 5.73 Å². The molecule has 4 nitrogen and oxygen atoms in total. The van der Waals surface area contributed by atoms with E-state index in [-0.39, 0.29) is 18.4 Å². The minimum Gasteiger partial charge on any atom is -0.369 e. The third-order valence-corrected chi connectivity index (χ3v) is 3.86. The van der Waals surface area contributed by atoms with E-state index < -0.39 is 0 Å². The van der Waals surface area contributed by atoms with Crippen LogP contribution in [0.1, 0.15) is 23.6 Å². The van der Waals surface area contributed by atoms with E-state index in [9.17, 15) is 0 Å². The molecule has 3 N–H and O–H groups in total. The summed E-state index contributed by atoms with van der Waals surface area (Å²) in [7, 11) is 1.68. The fourth-order valence-corrected chi connectivity index (χ4v) is 2.71. The highest BCUT2D eigenvalue weighted by atomic mass is 35.5. The van der Waals surface area contributed by atoms with Crippen molar-refractivity contribution in [2.45, 2.75) is 13.3 Å². The zero-order valence-electron chi connectivity index (χ0n) is 12.6. The Balaban J connectivity index is 0.00000176. The molecule has 0 aliphatic heterocycles. The molecule has 1 aliphatic rings. The molecule has 0 saturated heterocycles. The van der Waals surface area contributed by atoms with Gasteiger partial charge in [-0.15, -0.1) is 12.4 Å². The minimum atomic E-state index is -0.0667. The van der Waals surface area contributed by atoms with Gasteiger partial charge >= 0.3 is 0 Å². The second kappa shape index (κ2) is 6.20. The number of fused-ring (bicyclic) bond motifs is 3. The number of hydrazone groups is 1. The number of benzene rings is 2. The van der Waals surface area contributed by atoms with E-state index in [4.69, 9.17) is 11.1 Å². The van der Waals surface area contributed by atoms with Crippen molar-refractivity contribution < 1.29 is 0 Å². The van der Waals surface area contributed by atoms with Gasteiger partial charge in [0.25, 0.3) is 0 Å². The highest BCUT2D eigenvalue weighted by Gasteiger charge is 2.18. The molecule has 0 heterocycles. The SMILES string of the molecule is C/C(=N/N(C)C(=N)N)c1ccc2c(c1)Cc1ccccc1-2.Cl. The summed E-state index contributed by atoms with van der Waals surface area (Å²) >= 11 is 0. The van der Waals surface area contributed by atoms with Gasteiger partial charge in [0.05, 0.1) is 5.71 Å². The van der Waals surface area contributed by atoms with E-state index in [2.05, 4.69) is 47.6 Å². The van der Waals surface area contributed by atoms with Crippen LogP contribution in [0.5, 0.6) is 0 Å². The lowest BCUT2D eigenvalue weighted by molar-refractivity contribution is 0.533. The summed E-state index contributed by atoms with van der Waals surface area (Å²) < 4.78 is 0. The van der Waals surface area contributed by atoms with Gasteiger partial charge in [-0.25, -0.2) is 5.01 Å². The van der Waals surface area contributed by atoms with Gasteiger partial charge in [0.15, 0.2) is 0 Å². The average Bonchev–Trinajstić information content (AvgIpc) is 2.84. The lowest BCUT2D eigenvalue weighted by Crippen LogP contribution is -2.29. The first-order valence-corrected chi connectivity index (χ1v) is 6.91. The van der Waals surface area contributed by atoms with E-state index in [0.29, 0.717) is 0 Å². The maximum atomic E-state index is 7.36. The maximum absolute atomic E-state index is 7.36. The van der Waals surface area contributed by atoms with Crippen molar-refractivity contribution in [1.82, 2.24) is 5.01 Å². The standard InChI is InChI=1S/C17H18N4.ClH/c1-11(20-21(2)17(18)19)12-7-8-16-14(9-12)10-13-5-3-4-6-15(13)16;/h3-9H,10H2,1-2H3,(H3,18,19);1H/b20-11-;. The van der Waals surface area contributed by atoms with Gasteiger partial charge in [0.1, 0.15) is 0 Å². The van der Waals surface area contributed by atoms with Gasteiger partial charge in [0.2, 0.25) is 5.96 Å². The summed E-state index contributed by atoms with van der Waals surface area (Å²) in [5, 5.41) is 13.1. The molecule has 0 fully saturated rings. The largest absolute Gasteiger partial charge is 0.369 e. The number of rotatable bonds is 2. The Morgan fingerprint density at radius 2 is 1.82 bits per heavy atom. The molecule has 22 heavy (non-hydrogen) atoms. The number of halogens is 1. The van der Waals surface area contributed by atoms with Crippen LogP contribution in [0.3, 0.4) is 0 Å². The van der Waals surface area contributed by atoms with Crippen LogP contribution in [0, 0.1) is 5.41 Å². The lowest BCUT2D eigenvalue weighted by atomic mass is 10.0. The van der Waals surface area contributed by atoms with E-state index >= 15 is 0 Å². The molecular formula is C17H19ClN4. The van der Waals surface area contributed by atoms with Gasteiger partial charge in [0, 0.05) is 7.05 Å². The molecule has 0 radical (unpaired) electrons. The summed E-state index contributed by atoms with van der Waals surface area (Å²) in [5.74, 6) is -0.0667. The van der Waals surface area contributed by atoms with Crippen molar-refractivity contribution in [2.24, 2.45) is 10.8 Å². The fourth-order valence-electron chi connectivity index (χ4n) is 2.71. The molecule has 2 aromatic carbocycles. The predicted octanol–water partition coefficient (Wildman–Crippen LogP) is 3.23. The quantitative estimate of drug-likeness (QED) is 0.433. The molecule has 0 atom stereocenters. The number of nitrogens with one attached hydrogen (secondary N) is 1. The van der Waals surface area contributed by atoms with Crippen LogP contribution in [0.2, 0.25) is 0 Å². The van der Waals surface area contributed by atoms with Gasteiger partial charge in [-0.1, -0.05) is 36.4 Å². The number of guanidine groups is 1. The van der Waals surface area contributed by atoms with E-state index in [0.717, 1.165) is 17.7 Å². The molecule has 0 spiro atoms. The monoisotopic (exact) mass is 314 g/mol. The van der Waals surface area contributed by atoms with Crippen LogP contribution >= 0.6 is 12.4 Å². The lowest BCUT2D eigenvalue weighted by Gasteiger charge is -2.12. The number of nitrogens with zero attached hydrogens (tertiary/aromatic N) is 2. The Hall–Kier alpha value is -2.33. The van der Waals surface area contributed by atoms with Crippen LogP contribution < -0.4 is 5.73 Å². The van der Waals surface area contributed by atoms with Crippen molar-refractivity contribution in [3.63, 3.8) is 0 Å². The van der Waals surface area contributed by atoms with Crippen molar-refractivity contribution >= 4 is 24.1 Å². The third kappa shape index (κ3) is 2.83. The molecule has 114 valence electrons. The van der Waals surface area contributed by atoms with Gasteiger partial charge in [-0.2, -0.15) is 5.10 Å². The van der Waals surface area contributed by atoms with E-state index in [1.807, 2.05) is 6.92 Å². The molecular weight excluding hydrogens is 296 g/mol. The molecule has 0 amide bonds. The molecule has 0 saturated carbocycles. The first-order chi connectivity index (χ1) is 10.1. The van der Waals surface area contributed by atoms with Crippen LogP contribution in [0.15, 0.2) is 47.6 Å². The molecule has 1 aliphatic carbocycles. The Labute approximate surface area is 136 Å². The third-order valence-electron chi connectivity index (χ3n) is 3.86. The summed E-state index contributed by atoms with van der Waals surface area (Å²) in [6, 6.07) is 14.9. The van der Waals surface area contributed by atoms with Gasteiger partial charge in [-0.3, -0.25) is 5.41 Å². The zero-order valence-corrected chi connectivity index (χ0v) is 13.4. The number of hydrogen-bond acceptors (Lipinski definition) is 2. The zero-order chi connectivity index (χ0) is 15.0. The maximum Gasteiger partial charge on any atom is 0.208 e. The highest BCUT2D eigenvalue weighted by molar-refractivity contribution is 6.00. The first-order valence-electron chi connectivity index (χ1n) is 6.91. The summed E-state index contributed by atoms with van der Waals surface area (Å²) in [6.45, 7) is 1.93. The van der Waals surface area contributed by atoms with Gasteiger partial charge in [-0.05, 0) is 47.2 Å². The summed E-state index contributed by atoms with van der Waals surface area (Å²) in [5.41, 5.74) is 12.7. The number of nitrogens with two attached hydrogens (primary N) is 1. The van der Waals surface area contributed by atoms with Crippen LogP contribution in [0.25, 0.3) is 11.1 Å². The molecule has 0 bridgehead atoms. The second-order valence-electron chi connectivity index (χ2n) is 5.30. The van der Waals surface area contributed by atoms with E-state index in [1.165, 1.54) is 27.3 Å². The topological polar surface area (TPSA) is 65.5 Å². The van der Waals surface area contributed by atoms with Crippen LogP contribution in [-0.2, 0) is 6.42 Å². The molecule has 0 aromatic heterocycles. The molecule has 3 rings (SSSR count). The smallest absolute Gasteiger partial charge is 0.208 e. The van der Waals surface area contributed by atoms with E-state index in [1.54, 1.807) is 7.05 Å². The normalized spacial score (nSPS) is 12.2. The fraction of sp³-hybridized carbons (Fsp3) is 0.176. The van der Waals surface area contributed by atoms with Crippen molar-refractivity contribution in [1.29, 1.82) is 5.41 Å². The Bertz CT molecular complexity index is 752. The Morgan fingerprint density at radius 3 is 2.55 bits per heavy atom.